The van der Waals surface area contributed by atoms with E-state index < -0.39 is 0 Å². The van der Waals surface area contributed by atoms with Crippen LogP contribution in [0.3, 0.4) is 0 Å². The van der Waals surface area contributed by atoms with Crippen LogP contribution in [0, 0.1) is 6.92 Å². The van der Waals surface area contributed by atoms with Crippen LogP contribution < -0.4 is 4.90 Å². The van der Waals surface area contributed by atoms with Crippen molar-refractivity contribution in [3.63, 3.8) is 0 Å². The summed E-state index contributed by atoms with van der Waals surface area (Å²) in [6, 6.07) is 6.15. The third-order valence-electron chi connectivity index (χ3n) is 4.74. The first-order chi connectivity index (χ1) is 10.8. The van der Waals surface area contributed by atoms with E-state index in [-0.39, 0.29) is 11.8 Å². The Morgan fingerprint density at radius 3 is 3.18 bits per heavy atom. The largest absolute Gasteiger partial charge is 0.381 e. The van der Waals surface area contributed by atoms with Crippen molar-refractivity contribution in [3.05, 3.63) is 46.8 Å². The first-order valence-electron chi connectivity index (χ1n) is 7.77. The van der Waals surface area contributed by atoms with Gasteiger partial charge in [0, 0.05) is 24.8 Å². The molecule has 2 aliphatic heterocycles. The van der Waals surface area contributed by atoms with Crippen LogP contribution in [0.4, 0.5) is 5.69 Å². The Labute approximate surface area is 129 Å². The van der Waals surface area contributed by atoms with E-state index in [1.807, 2.05) is 17.0 Å². The minimum absolute atomic E-state index is 0.0417. The summed E-state index contributed by atoms with van der Waals surface area (Å²) in [7, 11) is 0. The van der Waals surface area contributed by atoms with Crippen molar-refractivity contribution in [1.82, 2.24) is 10.2 Å². The maximum atomic E-state index is 13.0. The summed E-state index contributed by atoms with van der Waals surface area (Å²) in [6.45, 7) is 4.26. The molecule has 3 heterocycles. The number of hydrogen-bond acceptors (Lipinski definition) is 3. The number of aromatic amines is 1. The molecule has 0 saturated carbocycles. The number of nitrogens with zero attached hydrogens (tertiary/aromatic N) is 2. The van der Waals surface area contributed by atoms with E-state index in [2.05, 4.69) is 23.2 Å². The zero-order chi connectivity index (χ0) is 15.1. The summed E-state index contributed by atoms with van der Waals surface area (Å²) < 4.78 is 5.44. The molecule has 1 atom stereocenters. The molecule has 1 saturated heterocycles. The van der Waals surface area contributed by atoms with Crippen molar-refractivity contribution in [2.75, 3.05) is 24.7 Å². The molecule has 2 aliphatic rings. The van der Waals surface area contributed by atoms with E-state index in [4.69, 9.17) is 4.74 Å². The fourth-order valence-electron chi connectivity index (χ4n) is 3.51. The lowest BCUT2D eigenvalue weighted by atomic mass is 10.0. The zero-order valence-corrected chi connectivity index (χ0v) is 12.6. The molecule has 1 N–H and O–H groups in total. The molecule has 114 valence electrons. The second kappa shape index (κ2) is 5.25. The van der Waals surface area contributed by atoms with Crippen LogP contribution in [-0.2, 0) is 11.2 Å². The lowest BCUT2D eigenvalue weighted by Gasteiger charge is -2.18. The number of amides is 1. The van der Waals surface area contributed by atoms with Crippen molar-refractivity contribution in [2.45, 2.75) is 25.7 Å². The fraction of sp³-hybridized carbons (Fsp3) is 0.412. The molecular formula is C17H19N3O2. The molecule has 0 aliphatic carbocycles. The molecule has 2 aromatic rings. The number of H-pyrrole nitrogens is 1. The summed E-state index contributed by atoms with van der Waals surface area (Å²) in [5.41, 5.74) is 5.18. The number of anilines is 1. The lowest BCUT2D eigenvalue weighted by molar-refractivity contribution is 0.0988. The topological polar surface area (TPSA) is 58.2 Å². The van der Waals surface area contributed by atoms with Crippen LogP contribution >= 0.6 is 0 Å². The van der Waals surface area contributed by atoms with Gasteiger partial charge in [0.05, 0.1) is 24.1 Å². The number of aryl methyl sites for hydroxylation is 1. The Hall–Kier alpha value is -2.14. The van der Waals surface area contributed by atoms with E-state index in [0.29, 0.717) is 12.2 Å². The maximum Gasteiger partial charge on any atom is 0.261 e. The number of rotatable bonds is 2. The first-order valence-corrected chi connectivity index (χ1v) is 7.77. The average Bonchev–Trinajstić information content (AvgIpc) is 3.26. The molecule has 4 rings (SSSR count). The SMILES string of the molecule is Cc1cccc2c1CCN2C(=O)c1cn[nH]c1[C@@H]1CCOC1. The predicted octanol–water partition coefficient (Wildman–Crippen LogP) is 2.42. The highest BCUT2D eigenvalue weighted by Gasteiger charge is 2.31. The van der Waals surface area contributed by atoms with Crippen molar-refractivity contribution >= 4 is 11.6 Å². The molecule has 0 unspecified atom stereocenters. The second-order valence-electron chi connectivity index (χ2n) is 6.04. The lowest BCUT2D eigenvalue weighted by Crippen LogP contribution is -2.29. The van der Waals surface area contributed by atoms with Gasteiger partial charge in [-0.1, -0.05) is 12.1 Å². The summed E-state index contributed by atoms with van der Waals surface area (Å²) in [5.74, 6) is 0.293. The van der Waals surface area contributed by atoms with Gasteiger partial charge in [-0.05, 0) is 37.0 Å². The van der Waals surface area contributed by atoms with Crippen LogP contribution in [-0.4, -0.2) is 35.9 Å². The van der Waals surface area contributed by atoms with Gasteiger partial charge in [-0.15, -0.1) is 0 Å². The first kappa shape index (κ1) is 13.5. The molecule has 0 radical (unpaired) electrons. The molecule has 1 amide bonds. The number of nitrogens with one attached hydrogen (secondary N) is 1. The van der Waals surface area contributed by atoms with Crippen LogP contribution in [0.1, 0.15) is 39.5 Å². The minimum atomic E-state index is 0.0417. The fourth-order valence-corrected chi connectivity index (χ4v) is 3.51. The summed E-state index contributed by atoms with van der Waals surface area (Å²) in [4.78, 5) is 14.9. The van der Waals surface area contributed by atoms with Gasteiger partial charge in [-0.25, -0.2) is 0 Å². The molecule has 0 bridgehead atoms. The Kier molecular flexibility index (Phi) is 3.22. The maximum absolute atomic E-state index is 13.0. The van der Waals surface area contributed by atoms with Gasteiger partial charge in [-0.3, -0.25) is 9.89 Å². The van der Waals surface area contributed by atoms with Crippen molar-refractivity contribution in [2.24, 2.45) is 0 Å². The van der Waals surface area contributed by atoms with E-state index in [1.54, 1.807) is 6.20 Å². The number of carbonyl (C=O) groups is 1. The van der Waals surface area contributed by atoms with Crippen LogP contribution in [0.2, 0.25) is 0 Å². The smallest absolute Gasteiger partial charge is 0.261 e. The van der Waals surface area contributed by atoms with Gasteiger partial charge in [0.1, 0.15) is 0 Å². The average molecular weight is 297 g/mol. The summed E-state index contributed by atoms with van der Waals surface area (Å²) in [5, 5.41) is 7.11. The normalized spacial score (nSPS) is 20.4. The Morgan fingerprint density at radius 1 is 1.45 bits per heavy atom. The summed E-state index contributed by atoms with van der Waals surface area (Å²) >= 11 is 0. The highest BCUT2D eigenvalue weighted by atomic mass is 16.5. The third kappa shape index (κ3) is 2.04. The number of aromatic nitrogens is 2. The number of benzene rings is 1. The van der Waals surface area contributed by atoms with Gasteiger partial charge < -0.3 is 9.64 Å². The van der Waals surface area contributed by atoms with Crippen molar-refractivity contribution in [1.29, 1.82) is 0 Å². The highest BCUT2D eigenvalue weighted by molar-refractivity contribution is 6.08. The number of carbonyl (C=O) groups excluding carboxylic acids is 1. The Bertz CT molecular complexity index is 716. The van der Waals surface area contributed by atoms with Crippen molar-refractivity contribution < 1.29 is 9.53 Å². The van der Waals surface area contributed by atoms with E-state index >= 15 is 0 Å². The van der Waals surface area contributed by atoms with Gasteiger partial charge >= 0.3 is 0 Å². The molecular weight excluding hydrogens is 278 g/mol. The quantitative estimate of drug-likeness (QED) is 0.926. The molecule has 22 heavy (non-hydrogen) atoms. The standard InChI is InChI=1S/C17H19N3O2/c1-11-3-2-4-15-13(11)5-7-20(15)17(21)14-9-18-19-16(14)12-6-8-22-10-12/h2-4,9,12H,5-8,10H2,1H3,(H,18,19)/t12-/m1/s1. The molecule has 0 spiro atoms. The monoisotopic (exact) mass is 297 g/mol. The molecule has 5 nitrogen and oxygen atoms in total. The Balaban J connectivity index is 1.67. The van der Waals surface area contributed by atoms with Crippen LogP contribution in [0.25, 0.3) is 0 Å². The van der Waals surface area contributed by atoms with Gasteiger partial charge in [-0.2, -0.15) is 5.10 Å². The zero-order valence-electron chi connectivity index (χ0n) is 12.6. The second-order valence-corrected chi connectivity index (χ2v) is 6.04. The molecule has 1 fully saturated rings. The Morgan fingerprint density at radius 2 is 2.36 bits per heavy atom. The van der Waals surface area contributed by atoms with Crippen LogP contribution in [0.15, 0.2) is 24.4 Å². The van der Waals surface area contributed by atoms with Gasteiger partial charge in [0.2, 0.25) is 0 Å². The predicted molar refractivity (Wildman–Crippen MR) is 83.3 cm³/mol. The van der Waals surface area contributed by atoms with E-state index in [0.717, 1.165) is 37.4 Å². The summed E-state index contributed by atoms with van der Waals surface area (Å²) in [6.07, 6.45) is 3.52. The number of fused-ring (bicyclic) bond motifs is 1. The van der Waals surface area contributed by atoms with Crippen LogP contribution in [0.5, 0.6) is 0 Å². The molecule has 5 heteroatoms. The highest BCUT2D eigenvalue weighted by Crippen LogP contribution is 2.33. The molecule has 1 aromatic carbocycles. The minimum Gasteiger partial charge on any atom is -0.381 e. The van der Waals surface area contributed by atoms with Gasteiger partial charge in [0.15, 0.2) is 0 Å². The third-order valence-corrected chi connectivity index (χ3v) is 4.74. The number of hydrogen-bond donors (Lipinski definition) is 1. The molecule has 1 aromatic heterocycles. The number of ether oxygens (including phenoxy) is 1. The van der Waals surface area contributed by atoms with Crippen molar-refractivity contribution in [3.8, 4) is 0 Å². The van der Waals surface area contributed by atoms with Gasteiger partial charge in [0.25, 0.3) is 5.91 Å². The van der Waals surface area contributed by atoms with E-state index in [1.165, 1.54) is 11.1 Å². The van der Waals surface area contributed by atoms with E-state index in [9.17, 15) is 4.79 Å².